The summed E-state index contributed by atoms with van der Waals surface area (Å²) >= 11 is 2.10. The maximum absolute atomic E-state index is 11.9. The molecule has 1 aliphatic rings. The lowest BCUT2D eigenvalue weighted by atomic mass is 10.1. The summed E-state index contributed by atoms with van der Waals surface area (Å²) in [5, 5.41) is 0. The first-order chi connectivity index (χ1) is 8.68. The van der Waals surface area contributed by atoms with E-state index in [4.69, 9.17) is 4.74 Å². The van der Waals surface area contributed by atoms with Gasteiger partial charge in [0.1, 0.15) is 10.5 Å². The van der Waals surface area contributed by atoms with Crippen molar-refractivity contribution in [3.8, 4) is 0 Å². The number of aliphatic imine (C=N–C) groups is 1. The Morgan fingerprint density at radius 2 is 2.17 bits per heavy atom. The van der Waals surface area contributed by atoms with Crippen LogP contribution in [-0.2, 0) is 9.53 Å². The van der Waals surface area contributed by atoms with E-state index in [2.05, 4.69) is 27.6 Å². The monoisotopic (exact) mass is 355 g/mol. The first kappa shape index (κ1) is 13.3. The van der Waals surface area contributed by atoms with Crippen molar-refractivity contribution in [1.82, 2.24) is 0 Å². The average Bonchev–Trinajstić information content (AvgIpc) is 2.81. The number of benzene rings is 1. The van der Waals surface area contributed by atoms with Gasteiger partial charge in [-0.2, -0.15) is 0 Å². The second-order valence-corrected chi connectivity index (χ2v) is 5.37. The second-order valence-electron chi connectivity index (χ2n) is 4.12. The zero-order valence-corrected chi connectivity index (χ0v) is 12.3. The normalized spacial score (nSPS) is 15.9. The molecule has 0 saturated heterocycles. The number of halogens is 1. The van der Waals surface area contributed by atoms with Crippen LogP contribution in [0.2, 0.25) is 0 Å². The summed E-state index contributed by atoms with van der Waals surface area (Å²) < 4.78 is 5.03. The van der Waals surface area contributed by atoms with Crippen LogP contribution >= 0.6 is 22.6 Å². The van der Waals surface area contributed by atoms with Crippen LogP contribution in [0, 0.1) is 0 Å². The highest BCUT2D eigenvalue weighted by molar-refractivity contribution is 14.1. The Balaban J connectivity index is 1.93. The van der Waals surface area contributed by atoms with E-state index in [1.807, 2.05) is 43.5 Å². The van der Waals surface area contributed by atoms with Gasteiger partial charge in [-0.1, -0.05) is 52.9 Å². The van der Waals surface area contributed by atoms with Crippen LogP contribution in [0.25, 0.3) is 0 Å². The summed E-state index contributed by atoms with van der Waals surface area (Å²) in [6.07, 6.45) is 2.70. The molecule has 2 rings (SSSR count). The van der Waals surface area contributed by atoms with Gasteiger partial charge in [-0.05, 0) is 18.1 Å². The lowest BCUT2D eigenvalue weighted by molar-refractivity contribution is -0.141. The lowest BCUT2D eigenvalue weighted by Gasteiger charge is -2.10. The Kier molecular flexibility index (Phi) is 4.52. The fourth-order valence-electron chi connectivity index (χ4n) is 1.65. The fraction of sp³-hybridized carbons (Fsp3) is 0.286. The van der Waals surface area contributed by atoms with Crippen molar-refractivity contribution in [3.05, 3.63) is 47.2 Å². The zero-order chi connectivity index (χ0) is 13.0. The highest BCUT2D eigenvalue weighted by atomic mass is 127. The minimum absolute atomic E-state index is 0.218. The minimum Gasteiger partial charge on any atom is -0.458 e. The molecular weight excluding hydrogens is 341 g/mol. The molecule has 0 fully saturated rings. The van der Waals surface area contributed by atoms with Gasteiger partial charge in [0.15, 0.2) is 0 Å². The molecule has 0 amide bonds. The molecule has 1 aliphatic heterocycles. The van der Waals surface area contributed by atoms with Gasteiger partial charge in [0.2, 0.25) is 0 Å². The summed E-state index contributed by atoms with van der Waals surface area (Å²) in [6.45, 7) is 2.28. The van der Waals surface area contributed by atoms with Gasteiger partial charge in [-0.15, -0.1) is 0 Å². The molecule has 1 atom stereocenters. The third-order valence-electron chi connectivity index (χ3n) is 2.79. The molecule has 1 unspecified atom stereocenters. The Hall–Kier alpha value is -1.17. The van der Waals surface area contributed by atoms with E-state index in [9.17, 15) is 4.79 Å². The number of rotatable bonds is 4. The van der Waals surface area contributed by atoms with Crippen molar-refractivity contribution in [2.75, 3.05) is 6.61 Å². The predicted octanol–water partition coefficient (Wildman–Crippen LogP) is 3.45. The SMILES string of the molecule is CC1=C(COC(=O)C(I)c2ccccc2)N=CC1. The molecule has 1 aromatic rings. The topological polar surface area (TPSA) is 38.7 Å². The molecule has 0 saturated carbocycles. The molecule has 0 aromatic heterocycles. The first-order valence-electron chi connectivity index (χ1n) is 5.75. The number of hydrogen-bond donors (Lipinski definition) is 0. The third kappa shape index (κ3) is 3.19. The predicted molar refractivity (Wildman–Crippen MR) is 80.0 cm³/mol. The minimum atomic E-state index is -0.268. The Labute approximate surface area is 120 Å². The molecule has 0 aliphatic carbocycles. The molecule has 0 radical (unpaired) electrons. The van der Waals surface area contributed by atoms with Gasteiger partial charge in [0, 0.05) is 12.6 Å². The maximum Gasteiger partial charge on any atom is 0.323 e. The van der Waals surface area contributed by atoms with Crippen LogP contribution in [0.1, 0.15) is 22.8 Å². The number of alkyl halides is 1. The molecule has 3 nitrogen and oxygen atoms in total. The smallest absolute Gasteiger partial charge is 0.323 e. The summed E-state index contributed by atoms with van der Waals surface area (Å²) in [5.41, 5.74) is 3.01. The van der Waals surface area contributed by atoms with E-state index >= 15 is 0 Å². The number of allylic oxidation sites excluding steroid dienone is 1. The van der Waals surface area contributed by atoms with Crippen molar-refractivity contribution < 1.29 is 9.53 Å². The number of nitrogens with zero attached hydrogens (tertiary/aromatic N) is 1. The van der Waals surface area contributed by atoms with Crippen molar-refractivity contribution in [1.29, 1.82) is 0 Å². The van der Waals surface area contributed by atoms with E-state index in [1.54, 1.807) is 0 Å². The summed E-state index contributed by atoms with van der Waals surface area (Å²) in [4.78, 5) is 16.1. The van der Waals surface area contributed by atoms with Gasteiger partial charge in [0.25, 0.3) is 0 Å². The summed E-state index contributed by atoms with van der Waals surface area (Å²) in [6, 6.07) is 9.62. The molecule has 0 N–H and O–H groups in total. The van der Waals surface area contributed by atoms with E-state index < -0.39 is 0 Å². The number of ether oxygens (including phenoxy) is 1. The van der Waals surface area contributed by atoms with Crippen LogP contribution in [0.15, 0.2) is 46.6 Å². The molecular formula is C14H14INO2. The molecule has 1 heterocycles. The highest BCUT2D eigenvalue weighted by Crippen LogP contribution is 2.25. The molecule has 18 heavy (non-hydrogen) atoms. The number of esters is 1. The van der Waals surface area contributed by atoms with Crippen LogP contribution in [0.5, 0.6) is 0 Å². The van der Waals surface area contributed by atoms with Crippen molar-refractivity contribution in [2.24, 2.45) is 4.99 Å². The fourth-order valence-corrected chi connectivity index (χ4v) is 2.25. The summed E-state index contributed by atoms with van der Waals surface area (Å²) in [7, 11) is 0. The Bertz CT molecular complexity index is 494. The van der Waals surface area contributed by atoms with Crippen molar-refractivity contribution in [2.45, 2.75) is 17.3 Å². The third-order valence-corrected chi connectivity index (χ3v) is 4.02. The Morgan fingerprint density at radius 1 is 1.44 bits per heavy atom. The van der Waals surface area contributed by atoms with E-state index in [0.717, 1.165) is 17.7 Å². The molecule has 94 valence electrons. The van der Waals surface area contributed by atoms with Crippen molar-refractivity contribution >= 4 is 34.8 Å². The first-order valence-corrected chi connectivity index (χ1v) is 7.00. The van der Waals surface area contributed by atoms with Crippen LogP contribution in [-0.4, -0.2) is 18.8 Å². The number of carbonyl (C=O) groups is 1. The molecule has 0 bridgehead atoms. The average molecular weight is 355 g/mol. The summed E-state index contributed by atoms with van der Waals surface area (Å²) in [5.74, 6) is -0.218. The van der Waals surface area contributed by atoms with Crippen molar-refractivity contribution in [3.63, 3.8) is 0 Å². The van der Waals surface area contributed by atoms with Gasteiger partial charge in [-0.3, -0.25) is 9.79 Å². The molecule has 1 aromatic carbocycles. The second kappa shape index (κ2) is 6.13. The largest absolute Gasteiger partial charge is 0.458 e. The molecule has 0 spiro atoms. The van der Waals surface area contributed by atoms with Gasteiger partial charge in [-0.25, -0.2) is 0 Å². The standard InChI is InChI=1S/C14H14INO2/c1-10-7-8-16-12(10)9-18-14(17)13(15)11-5-3-2-4-6-11/h2-6,8,13H,7,9H2,1H3. The number of carbonyl (C=O) groups excluding carboxylic acids is 1. The van der Waals surface area contributed by atoms with Gasteiger partial charge in [0.05, 0.1) is 5.70 Å². The van der Waals surface area contributed by atoms with Crippen LogP contribution < -0.4 is 0 Å². The Morgan fingerprint density at radius 3 is 2.78 bits per heavy atom. The molecule has 4 heteroatoms. The van der Waals surface area contributed by atoms with E-state index in [-0.39, 0.29) is 16.5 Å². The van der Waals surface area contributed by atoms with Crippen LogP contribution in [0.4, 0.5) is 0 Å². The van der Waals surface area contributed by atoms with E-state index in [1.165, 1.54) is 5.57 Å². The van der Waals surface area contributed by atoms with Gasteiger partial charge < -0.3 is 4.74 Å². The van der Waals surface area contributed by atoms with Crippen LogP contribution in [0.3, 0.4) is 0 Å². The zero-order valence-electron chi connectivity index (χ0n) is 10.1. The number of hydrogen-bond acceptors (Lipinski definition) is 3. The quantitative estimate of drug-likeness (QED) is 0.471. The van der Waals surface area contributed by atoms with E-state index in [0.29, 0.717) is 0 Å². The lowest BCUT2D eigenvalue weighted by Crippen LogP contribution is -2.12. The maximum atomic E-state index is 11.9. The highest BCUT2D eigenvalue weighted by Gasteiger charge is 2.19. The van der Waals surface area contributed by atoms with Gasteiger partial charge >= 0.3 is 5.97 Å².